The van der Waals surface area contributed by atoms with Crippen molar-refractivity contribution in [1.29, 1.82) is 0 Å². The molecule has 2 heteroatoms. The quantitative estimate of drug-likeness (QED) is 0.359. The van der Waals surface area contributed by atoms with Crippen LogP contribution in [-0.2, 0) is 4.43 Å². The van der Waals surface area contributed by atoms with E-state index in [1.807, 2.05) is 0 Å². The molecular weight excluding hydrogens is 212 g/mol. The zero-order chi connectivity index (χ0) is 12.8. The zero-order valence-electron chi connectivity index (χ0n) is 11.8. The first-order valence-electron chi connectivity index (χ1n) is 6.47. The topological polar surface area (TPSA) is 9.23 Å². The van der Waals surface area contributed by atoms with Gasteiger partial charge in [-0.3, -0.25) is 0 Å². The average molecular weight is 240 g/mol. The molecule has 0 aromatic carbocycles. The van der Waals surface area contributed by atoms with Crippen molar-refractivity contribution in [3.63, 3.8) is 0 Å². The molecule has 0 bridgehead atoms. The highest BCUT2D eigenvalue weighted by atomic mass is 28.4. The van der Waals surface area contributed by atoms with Crippen LogP contribution < -0.4 is 0 Å². The Morgan fingerprint density at radius 3 is 1.75 bits per heavy atom. The van der Waals surface area contributed by atoms with Crippen molar-refractivity contribution < 1.29 is 4.43 Å². The molecule has 1 nitrogen and oxygen atoms in total. The van der Waals surface area contributed by atoms with Gasteiger partial charge < -0.3 is 4.43 Å². The van der Waals surface area contributed by atoms with E-state index < -0.39 is 8.32 Å². The van der Waals surface area contributed by atoms with E-state index in [2.05, 4.69) is 47.5 Å². The molecule has 0 atom stereocenters. The first kappa shape index (κ1) is 15.7. The van der Waals surface area contributed by atoms with Gasteiger partial charge in [0.15, 0.2) is 8.32 Å². The molecule has 0 unspecified atom stereocenters. The van der Waals surface area contributed by atoms with E-state index in [1.165, 1.54) is 0 Å². The van der Waals surface area contributed by atoms with Crippen molar-refractivity contribution in [3.8, 4) is 12.3 Å². The lowest BCUT2D eigenvalue weighted by Crippen LogP contribution is -2.47. The predicted molar refractivity (Wildman–Crippen MR) is 75.1 cm³/mol. The molecule has 0 saturated carbocycles. The molecule has 0 aliphatic carbocycles. The Hall–Kier alpha value is -0.263. The van der Waals surface area contributed by atoms with Crippen LogP contribution in [0.15, 0.2) is 0 Å². The lowest BCUT2D eigenvalue weighted by atomic mass is 10.3. The molecular formula is C14H28OSi. The van der Waals surface area contributed by atoms with Gasteiger partial charge in [0.25, 0.3) is 0 Å². The van der Waals surface area contributed by atoms with Gasteiger partial charge in [-0.15, -0.1) is 12.3 Å². The van der Waals surface area contributed by atoms with Crippen LogP contribution >= 0.6 is 0 Å². The Balaban J connectivity index is 4.59. The van der Waals surface area contributed by atoms with Crippen LogP contribution in [0.5, 0.6) is 0 Å². The van der Waals surface area contributed by atoms with Crippen molar-refractivity contribution in [2.24, 2.45) is 0 Å². The highest BCUT2D eigenvalue weighted by Crippen LogP contribution is 2.42. The van der Waals surface area contributed by atoms with Gasteiger partial charge in [0.2, 0.25) is 0 Å². The van der Waals surface area contributed by atoms with Crippen LogP contribution in [0.3, 0.4) is 0 Å². The molecule has 0 N–H and O–H groups in total. The maximum atomic E-state index is 6.36. The monoisotopic (exact) mass is 240 g/mol. The van der Waals surface area contributed by atoms with E-state index in [0.717, 1.165) is 19.4 Å². The fourth-order valence-electron chi connectivity index (χ4n) is 2.92. The van der Waals surface area contributed by atoms with Crippen molar-refractivity contribution >= 4 is 8.32 Å². The molecule has 0 aliphatic rings. The number of hydrogen-bond donors (Lipinski definition) is 0. The summed E-state index contributed by atoms with van der Waals surface area (Å²) in [7, 11) is -1.65. The summed E-state index contributed by atoms with van der Waals surface area (Å²) in [4.78, 5) is 0. The van der Waals surface area contributed by atoms with Crippen LogP contribution in [0.1, 0.15) is 54.4 Å². The Bertz CT molecular complexity index is 204. The fraction of sp³-hybridized carbons (Fsp3) is 0.857. The van der Waals surface area contributed by atoms with Gasteiger partial charge in [0.1, 0.15) is 0 Å². The second kappa shape index (κ2) is 7.14. The van der Waals surface area contributed by atoms with Crippen LogP contribution in [0.2, 0.25) is 16.6 Å². The summed E-state index contributed by atoms with van der Waals surface area (Å²) >= 11 is 0. The average Bonchev–Trinajstić information content (AvgIpc) is 2.16. The number of rotatable bonds is 7. The maximum Gasteiger partial charge on any atom is 0.200 e. The minimum atomic E-state index is -1.65. The molecule has 0 rings (SSSR count). The Morgan fingerprint density at radius 1 is 1.00 bits per heavy atom. The standard InChI is InChI=1S/C14H28OSi/c1-8-9-10-11-15-16(12(2)3,13(4)5)14(6)7/h1,12-14H,9-11H2,2-7H3. The number of terminal acetylenes is 1. The second-order valence-electron chi connectivity index (χ2n) is 5.47. The number of unbranched alkanes of at least 4 members (excludes halogenated alkanes) is 1. The third-order valence-corrected chi connectivity index (χ3v) is 9.64. The van der Waals surface area contributed by atoms with Gasteiger partial charge >= 0.3 is 0 Å². The molecule has 0 aliphatic heterocycles. The third-order valence-electron chi connectivity index (χ3n) is 3.52. The van der Waals surface area contributed by atoms with Crippen molar-refractivity contribution in [1.82, 2.24) is 0 Å². The van der Waals surface area contributed by atoms with Gasteiger partial charge in [-0.1, -0.05) is 41.5 Å². The predicted octanol–water partition coefficient (Wildman–Crippen LogP) is 4.59. The first-order valence-corrected chi connectivity index (χ1v) is 8.61. The normalized spacial score (nSPS) is 12.5. The molecule has 0 amide bonds. The molecule has 0 aromatic rings. The fourth-order valence-corrected chi connectivity index (χ4v) is 8.42. The Labute approximate surface area is 103 Å². The van der Waals surface area contributed by atoms with Gasteiger partial charge in [0, 0.05) is 13.0 Å². The summed E-state index contributed by atoms with van der Waals surface area (Å²) in [5, 5.41) is 0. The van der Waals surface area contributed by atoms with Crippen LogP contribution in [0.25, 0.3) is 0 Å². The summed E-state index contributed by atoms with van der Waals surface area (Å²) < 4.78 is 6.36. The molecule has 0 spiro atoms. The molecule has 0 radical (unpaired) electrons. The summed E-state index contributed by atoms with van der Waals surface area (Å²) in [5.74, 6) is 2.68. The Morgan fingerprint density at radius 2 is 1.44 bits per heavy atom. The van der Waals surface area contributed by atoms with Crippen molar-refractivity contribution in [3.05, 3.63) is 0 Å². The van der Waals surface area contributed by atoms with Gasteiger partial charge in [-0.05, 0) is 23.0 Å². The zero-order valence-corrected chi connectivity index (χ0v) is 12.8. The smallest absolute Gasteiger partial charge is 0.200 e. The van der Waals surface area contributed by atoms with Crippen molar-refractivity contribution in [2.45, 2.75) is 71.0 Å². The summed E-state index contributed by atoms with van der Waals surface area (Å²) in [6, 6.07) is 0. The van der Waals surface area contributed by atoms with Crippen molar-refractivity contribution in [2.75, 3.05) is 6.61 Å². The molecule has 16 heavy (non-hydrogen) atoms. The third kappa shape index (κ3) is 3.64. The minimum absolute atomic E-state index is 0.665. The Kier molecular flexibility index (Phi) is 7.02. The van der Waals surface area contributed by atoms with E-state index in [4.69, 9.17) is 10.8 Å². The van der Waals surface area contributed by atoms with E-state index in [-0.39, 0.29) is 0 Å². The lowest BCUT2D eigenvalue weighted by molar-refractivity contribution is 0.274. The van der Waals surface area contributed by atoms with Gasteiger partial charge in [-0.25, -0.2) is 0 Å². The maximum absolute atomic E-state index is 6.36. The van der Waals surface area contributed by atoms with Gasteiger partial charge in [-0.2, -0.15) is 0 Å². The van der Waals surface area contributed by atoms with E-state index in [0.29, 0.717) is 16.6 Å². The van der Waals surface area contributed by atoms with Crippen LogP contribution in [-0.4, -0.2) is 14.9 Å². The molecule has 0 aromatic heterocycles. The summed E-state index contributed by atoms with van der Waals surface area (Å²) in [6.07, 6.45) is 7.09. The molecule has 0 heterocycles. The molecule has 94 valence electrons. The molecule has 0 fully saturated rings. The number of hydrogen-bond acceptors (Lipinski definition) is 1. The molecule has 0 saturated heterocycles. The minimum Gasteiger partial charge on any atom is -0.416 e. The first-order chi connectivity index (χ1) is 7.39. The van der Waals surface area contributed by atoms with Gasteiger partial charge in [0.05, 0.1) is 0 Å². The lowest BCUT2D eigenvalue weighted by Gasteiger charge is -2.42. The summed E-state index contributed by atoms with van der Waals surface area (Å²) in [5.41, 5.74) is 2.00. The van der Waals surface area contributed by atoms with E-state index >= 15 is 0 Å². The van der Waals surface area contributed by atoms with Crippen LogP contribution in [0.4, 0.5) is 0 Å². The SMILES string of the molecule is C#CCCCO[Si](C(C)C)(C(C)C)C(C)C. The summed E-state index contributed by atoms with van der Waals surface area (Å²) in [6.45, 7) is 14.7. The van der Waals surface area contributed by atoms with E-state index in [9.17, 15) is 0 Å². The second-order valence-corrected chi connectivity index (χ2v) is 10.9. The van der Waals surface area contributed by atoms with Crippen LogP contribution in [0, 0.1) is 12.3 Å². The largest absolute Gasteiger partial charge is 0.416 e. The highest BCUT2D eigenvalue weighted by molar-refractivity contribution is 6.77. The van der Waals surface area contributed by atoms with E-state index in [1.54, 1.807) is 0 Å². The highest BCUT2D eigenvalue weighted by Gasteiger charge is 2.44.